The van der Waals surface area contributed by atoms with Gasteiger partial charge in [-0.15, -0.1) is 0 Å². The fourth-order valence-corrected chi connectivity index (χ4v) is 2.60. The maximum absolute atomic E-state index is 3.48. The molecule has 0 bridgehead atoms. The van der Waals surface area contributed by atoms with E-state index in [4.69, 9.17) is 0 Å². The highest BCUT2D eigenvalue weighted by atomic mass is 15.1. The van der Waals surface area contributed by atoms with Crippen molar-refractivity contribution >= 4 is 5.69 Å². The molecule has 1 aromatic rings. The SMILES string of the molecule is CN(C)CCCN(C)c1cccc2c1CNCC2. The van der Waals surface area contributed by atoms with E-state index in [1.165, 1.54) is 23.2 Å². The molecule has 1 aliphatic rings. The first-order chi connectivity index (χ1) is 8.68. The molecule has 0 amide bonds. The minimum Gasteiger partial charge on any atom is -0.374 e. The molecular weight excluding hydrogens is 222 g/mol. The van der Waals surface area contributed by atoms with E-state index in [1.54, 1.807) is 0 Å². The van der Waals surface area contributed by atoms with Gasteiger partial charge in [-0.1, -0.05) is 12.1 Å². The first-order valence-corrected chi connectivity index (χ1v) is 6.86. The molecule has 2 rings (SSSR count). The van der Waals surface area contributed by atoms with Crippen molar-refractivity contribution < 1.29 is 0 Å². The highest BCUT2D eigenvalue weighted by molar-refractivity contribution is 5.57. The van der Waals surface area contributed by atoms with Crippen molar-refractivity contribution in [1.29, 1.82) is 0 Å². The summed E-state index contributed by atoms with van der Waals surface area (Å²) in [6, 6.07) is 6.72. The molecule has 1 heterocycles. The quantitative estimate of drug-likeness (QED) is 0.855. The second-order valence-corrected chi connectivity index (χ2v) is 5.42. The van der Waals surface area contributed by atoms with Crippen LogP contribution in [0.4, 0.5) is 5.69 Å². The van der Waals surface area contributed by atoms with Crippen molar-refractivity contribution in [3.8, 4) is 0 Å². The molecule has 1 aromatic carbocycles. The van der Waals surface area contributed by atoms with Gasteiger partial charge in [0.05, 0.1) is 0 Å². The van der Waals surface area contributed by atoms with Gasteiger partial charge in [0.25, 0.3) is 0 Å². The first kappa shape index (κ1) is 13.4. The fraction of sp³-hybridized carbons (Fsp3) is 0.600. The van der Waals surface area contributed by atoms with Gasteiger partial charge >= 0.3 is 0 Å². The van der Waals surface area contributed by atoms with Crippen LogP contribution in [0.25, 0.3) is 0 Å². The predicted octanol–water partition coefficient (Wildman–Crippen LogP) is 1.72. The summed E-state index contributed by atoms with van der Waals surface area (Å²) in [5.41, 5.74) is 4.42. The van der Waals surface area contributed by atoms with E-state index in [0.29, 0.717) is 0 Å². The van der Waals surface area contributed by atoms with Crippen LogP contribution in [0.15, 0.2) is 18.2 Å². The molecule has 18 heavy (non-hydrogen) atoms. The molecule has 0 radical (unpaired) electrons. The molecular formula is C15H25N3. The minimum atomic E-state index is 1.02. The molecule has 0 spiro atoms. The molecule has 0 aliphatic carbocycles. The van der Waals surface area contributed by atoms with Crippen molar-refractivity contribution in [3.63, 3.8) is 0 Å². The summed E-state index contributed by atoms with van der Waals surface area (Å²) in [7, 11) is 6.47. The Morgan fingerprint density at radius 3 is 2.78 bits per heavy atom. The lowest BCUT2D eigenvalue weighted by molar-refractivity contribution is 0.401. The van der Waals surface area contributed by atoms with Gasteiger partial charge in [0.2, 0.25) is 0 Å². The Morgan fingerprint density at radius 1 is 1.17 bits per heavy atom. The van der Waals surface area contributed by atoms with Gasteiger partial charge in [-0.2, -0.15) is 0 Å². The predicted molar refractivity (Wildman–Crippen MR) is 78.3 cm³/mol. The van der Waals surface area contributed by atoms with E-state index in [0.717, 1.165) is 32.6 Å². The van der Waals surface area contributed by atoms with Crippen LogP contribution in [0.2, 0.25) is 0 Å². The Bertz CT molecular complexity index is 387. The summed E-state index contributed by atoms with van der Waals surface area (Å²) >= 11 is 0. The van der Waals surface area contributed by atoms with Gasteiger partial charge in [-0.25, -0.2) is 0 Å². The second-order valence-electron chi connectivity index (χ2n) is 5.42. The summed E-state index contributed by atoms with van der Waals surface area (Å²) < 4.78 is 0. The van der Waals surface area contributed by atoms with Crippen LogP contribution in [0.5, 0.6) is 0 Å². The van der Waals surface area contributed by atoms with Gasteiger partial charge in [0.1, 0.15) is 0 Å². The molecule has 1 aliphatic heterocycles. The van der Waals surface area contributed by atoms with Crippen molar-refractivity contribution in [2.75, 3.05) is 45.7 Å². The van der Waals surface area contributed by atoms with Gasteiger partial charge in [0, 0.05) is 25.8 Å². The third-order valence-corrected chi connectivity index (χ3v) is 3.63. The number of anilines is 1. The van der Waals surface area contributed by atoms with Crippen molar-refractivity contribution in [1.82, 2.24) is 10.2 Å². The molecule has 0 atom stereocenters. The largest absolute Gasteiger partial charge is 0.374 e. The van der Waals surface area contributed by atoms with Crippen molar-refractivity contribution in [2.45, 2.75) is 19.4 Å². The van der Waals surface area contributed by atoms with Gasteiger partial charge in [-0.3, -0.25) is 0 Å². The van der Waals surface area contributed by atoms with Crippen LogP contribution in [0, 0.1) is 0 Å². The van der Waals surface area contributed by atoms with E-state index < -0.39 is 0 Å². The maximum Gasteiger partial charge on any atom is 0.0412 e. The van der Waals surface area contributed by atoms with E-state index in [2.05, 4.69) is 54.5 Å². The van der Waals surface area contributed by atoms with E-state index in [-0.39, 0.29) is 0 Å². The van der Waals surface area contributed by atoms with Crippen LogP contribution in [-0.4, -0.2) is 45.7 Å². The number of fused-ring (bicyclic) bond motifs is 1. The Labute approximate surface area is 111 Å². The molecule has 0 aromatic heterocycles. The standard InChI is InChI=1S/C15H25N3/c1-17(2)10-5-11-18(3)15-7-4-6-13-8-9-16-12-14(13)15/h4,6-7,16H,5,8-12H2,1-3H3. The fourth-order valence-electron chi connectivity index (χ4n) is 2.60. The van der Waals surface area contributed by atoms with Gasteiger partial charge in [0.15, 0.2) is 0 Å². The van der Waals surface area contributed by atoms with E-state index in [1.807, 2.05) is 0 Å². The Hall–Kier alpha value is -1.06. The summed E-state index contributed by atoms with van der Waals surface area (Å²) in [5, 5.41) is 3.48. The van der Waals surface area contributed by atoms with E-state index in [9.17, 15) is 0 Å². The monoisotopic (exact) mass is 247 g/mol. The van der Waals surface area contributed by atoms with Crippen LogP contribution in [-0.2, 0) is 13.0 Å². The molecule has 0 unspecified atom stereocenters. The molecule has 0 fully saturated rings. The smallest absolute Gasteiger partial charge is 0.0412 e. The minimum absolute atomic E-state index is 1.02. The zero-order chi connectivity index (χ0) is 13.0. The Morgan fingerprint density at radius 2 is 2.00 bits per heavy atom. The normalized spacial score (nSPS) is 14.7. The van der Waals surface area contributed by atoms with Gasteiger partial charge < -0.3 is 15.1 Å². The second kappa shape index (κ2) is 6.21. The summed E-state index contributed by atoms with van der Waals surface area (Å²) in [5.74, 6) is 0. The number of hydrogen-bond donors (Lipinski definition) is 1. The number of benzene rings is 1. The molecule has 0 saturated carbocycles. The molecule has 3 nitrogen and oxygen atoms in total. The lowest BCUT2D eigenvalue weighted by Crippen LogP contribution is -2.28. The van der Waals surface area contributed by atoms with E-state index >= 15 is 0 Å². The molecule has 0 saturated heterocycles. The zero-order valence-electron chi connectivity index (χ0n) is 11.9. The lowest BCUT2D eigenvalue weighted by Gasteiger charge is -2.27. The third-order valence-electron chi connectivity index (χ3n) is 3.63. The van der Waals surface area contributed by atoms with Crippen LogP contribution in [0.1, 0.15) is 17.5 Å². The van der Waals surface area contributed by atoms with Gasteiger partial charge in [-0.05, 0) is 57.2 Å². The summed E-state index contributed by atoms with van der Waals surface area (Å²) in [4.78, 5) is 4.64. The zero-order valence-corrected chi connectivity index (χ0v) is 11.9. The average Bonchev–Trinajstić information content (AvgIpc) is 2.37. The Kier molecular flexibility index (Phi) is 4.61. The Balaban J connectivity index is 2.03. The highest BCUT2D eigenvalue weighted by Crippen LogP contribution is 2.25. The van der Waals surface area contributed by atoms with Crippen LogP contribution in [0.3, 0.4) is 0 Å². The molecule has 100 valence electrons. The van der Waals surface area contributed by atoms with Crippen molar-refractivity contribution in [2.24, 2.45) is 0 Å². The number of nitrogens with one attached hydrogen (secondary N) is 1. The number of hydrogen-bond acceptors (Lipinski definition) is 3. The lowest BCUT2D eigenvalue weighted by atomic mass is 9.99. The molecule has 3 heteroatoms. The average molecular weight is 247 g/mol. The summed E-state index contributed by atoms with van der Waals surface area (Å²) in [6.45, 7) is 4.40. The van der Waals surface area contributed by atoms with Crippen LogP contribution >= 0.6 is 0 Å². The first-order valence-electron chi connectivity index (χ1n) is 6.86. The summed E-state index contributed by atoms with van der Waals surface area (Å²) in [6.07, 6.45) is 2.37. The highest BCUT2D eigenvalue weighted by Gasteiger charge is 2.14. The third kappa shape index (κ3) is 3.24. The molecule has 1 N–H and O–H groups in total. The number of rotatable bonds is 5. The maximum atomic E-state index is 3.48. The van der Waals surface area contributed by atoms with Crippen molar-refractivity contribution in [3.05, 3.63) is 29.3 Å². The topological polar surface area (TPSA) is 18.5 Å². The number of nitrogens with zero attached hydrogens (tertiary/aromatic N) is 2. The van der Waals surface area contributed by atoms with Crippen LogP contribution < -0.4 is 10.2 Å².